The number of methoxy groups -OCH3 is 1. The molecule has 2 rings (SSSR count). The molecule has 1 aliphatic rings. The van der Waals surface area contributed by atoms with Gasteiger partial charge in [0.25, 0.3) is 0 Å². The van der Waals surface area contributed by atoms with Crippen molar-refractivity contribution in [1.82, 2.24) is 4.90 Å². The highest BCUT2D eigenvalue weighted by atomic mass is 79.9. The second-order valence-corrected chi connectivity index (χ2v) is 7.03. The van der Waals surface area contributed by atoms with Gasteiger partial charge in [-0.3, -0.25) is 4.90 Å². The Morgan fingerprint density at radius 1 is 1.30 bits per heavy atom. The smallest absolute Gasteiger partial charge is 0.133 e. The molecule has 1 aromatic rings. The third kappa shape index (κ3) is 4.23. The minimum absolute atomic E-state index is 0.824. The standard InChI is InChI=1S/C17H26BrNO/c1-13(2)15-5-4-9-19(10-8-15)12-14-6-7-17(20-3)16(18)11-14/h6-7,11,13,15H,4-5,8-10,12H2,1-3H3. The minimum Gasteiger partial charge on any atom is -0.496 e. The molecule has 0 aliphatic carbocycles. The molecule has 3 heteroatoms. The third-order valence-electron chi connectivity index (χ3n) is 4.43. The van der Waals surface area contributed by atoms with E-state index in [4.69, 9.17) is 4.74 Å². The summed E-state index contributed by atoms with van der Waals surface area (Å²) in [6.45, 7) is 8.23. The molecule has 0 aromatic heterocycles. The van der Waals surface area contributed by atoms with Crippen LogP contribution in [0.3, 0.4) is 0 Å². The van der Waals surface area contributed by atoms with E-state index in [9.17, 15) is 0 Å². The van der Waals surface area contributed by atoms with Crippen molar-refractivity contribution in [1.29, 1.82) is 0 Å². The fourth-order valence-corrected chi connectivity index (χ4v) is 3.66. The second-order valence-electron chi connectivity index (χ2n) is 6.18. The molecule has 1 atom stereocenters. The lowest BCUT2D eigenvalue weighted by atomic mass is 9.89. The van der Waals surface area contributed by atoms with Gasteiger partial charge in [0.2, 0.25) is 0 Å². The molecule has 1 fully saturated rings. The van der Waals surface area contributed by atoms with Gasteiger partial charge in [-0.05, 0) is 77.8 Å². The van der Waals surface area contributed by atoms with Crippen molar-refractivity contribution in [2.45, 2.75) is 39.7 Å². The molecule has 1 aliphatic heterocycles. The molecular weight excluding hydrogens is 314 g/mol. The molecule has 20 heavy (non-hydrogen) atoms. The summed E-state index contributed by atoms with van der Waals surface area (Å²) in [4.78, 5) is 2.59. The normalized spacial score (nSPS) is 20.9. The highest BCUT2D eigenvalue weighted by molar-refractivity contribution is 9.10. The molecule has 1 saturated heterocycles. The first-order chi connectivity index (χ1) is 9.60. The van der Waals surface area contributed by atoms with Crippen molar-refractivity contribution in [2.24, 2.45) is 11.8 Å². The topological polar surface area (TPSA) is 12.5 Å². The summed E-state index contributed by atoms with van der Waals surface area (Å²) in [6, 6.07) is 6.41. The van der Waals surface area contributed by atoms with Crippen molar-refractivity contribution >= 4 is 15.9 Å². The molecule has 0 spiro atoms. The zero-order chi connectivity index (χ0) is 14.5. The summed E-state index contributed by atoms with van der Waals surface area (Å²) < 4.78 is 6.34. The maximum absolute atomic E-state index is 5.29. The lowest BCUT2D eigenvalue weighted by Gasteiger charge is -2.21. The lowest BCUT2D eigenvalue weighted by Crippen LogP contribution is -2.24. The Morgan fingerprint density at radius 2 is 2.10 bits per heavy atom. The predicted molar refractivity (Wildman–Crippen MR) is 88.2 cm³/mol. The van der Waals surface area contributed by atoms with Crippen LogP contribution in [0.2, 0.25) is 0 Å². The van der Waals surface area contributed by atoms with Gasteiger partial charge in [0.15, 0.2) is 0 Å². The van der Waals surface area contributed by atoms with Crippen molar-refractivity contribution < 1.29 is 4.74 Å². The van der Waals surface area contributed by atoms with E-state index < -0.39 is 0 Å². The van der Waals surface area contributed by atoms with Crippen LogP contribution in [-0.2, 0) is 6.54 Å². The van der Waals surface area contributed by atoms with E-state index in [2.05, 4.69) is 46.8 Å². The molecule has 0 radical (unpaired) electrons. The molecule has 0 N–H and O–H groups in total. The summed E-state index contributed by atoms with van der Waals surface area (Å²) in [5.74, 6) is 2.64. The summed E-state index contributed by atoms with van der Waals surface area (Å²) in [6.07, 6.45) is 4.07. The van der Waals surface area contributed by atoms with E-state index in [1.807, 2.05) is 6.07 Å². The number of likely N-dealkylation sites (tertiary alicyclic amines) is 1. The Kier molecular flexibility index (Phi) is 5.91. The largest absolute Gasteiger partial charge is 0.496 e. The van der Waals surface area contributed by atoms with Crippen molar-refractivity contribution in [2.75, 3.05) is 20.2 Å². The quantitative estimate of drug-likeness (QED) is 0.787. The van der Waals surface area contributed by atoms with E-state index in [0.29, 0.717) is 0 Å². The first-order valence-corrected chi connectivity index (χ1v) is 8.44. The molecule has 0 saturated carbocycles. The van der Waals surface area contributed by atoms with Gasteiger partial charge in [0.05, 0.1) is 11.6 Å². The van der Waals surface area contributed by atoms with Gasteiger partial charge >= 0.3 is 0 Å². The molecule has 0 amide bonds. The second kappa shape index (κ2) is 7.46. The number of nitrogens with zero attached hydrogens (tertiary/aromatic N) is 1. The molecule has 0 bridgehead atoms. The SMILES string of the molecule is COc1ccc(CN2CCCC(C(C)C)CC2)cc1Br. The lowest BCUT2D eigenvalue weighted by molar-refractivity contribution is 0.264. The van der Waals surface area contributed by atoms with Crippen LogP contribution < -0.4 is 4.74 Å². The van der Waals surface area contributed by atoms with Crippen molar-refractivity contribution in [3.8, 4) is 5.75 Å². The number of hydrogen-bond acceptors (Lipinski definition) is 2. The Hall–Kier alpha value is -0.540. The van der Waals surface area contributed by atoms with Crippen LogP contribution in [0.25, 0.3) is 0 Å². The summed E-state index contributed by atoms with van der Waals surface area (Å²) in [5.41, 5.74) is 1.36. The summed E-state index contributed by atoms with van der Waals surface area (Å²) in [7, 11) is 1.71. The average Bonchev–Trinajstić information content (AvgIpc) is 2.65. The van der Waals surface area contributed by atoms with Crippen LogP contribution in [0.5, 0.6) is 5.75 Å². The van der Waals surface area contributed by atoms with Gasteiger partial charge in [-0.15, -0.1) is 0 Å². The summed E-state index contributed by atoms with van der Waals surface area (Å²) >= 11 is 3.57. The fraction of sp³-hybridized carbons (Fsp3) is 0.647. The highest BCUT2D eigenvalue weighted by Gasteiger charge is 2.19. The Bertz CT molecular complexity index is 433. The number of halogens is 1. The Morgan fingerprint density at radius 3 is 2.75 bits per heavy atom. The molecule has 2 nitrogen and oxygen atoms in total. The van der Waals surface area contributed by atoms with Crippen LogP contribution >= 0.6 is 15.9 Å². The zero-order valence-corrected chi connectivity index (χ0v) is 14.4. The summed E-state index contributed by atoms with van der Waals surface area (Å²) in [5, 5.41) is 0. The first kappa shape index (κ1) is 15.8. The highest BCUT2D eigenvalue weighted by Crippen LogP contribution is 2.28. The van der Waals surface area contributed by atoms with Gasteiger partial charge in [-0.1, -0.05) is 19.9 Å². The molecule has 1 heterocycles. The maximum Gasteiger partial charge on any atom is 0.133 e. The van der Waals surface area contributed by atoms with E-state index in [1.54, 1.807) is 7.11 Å². The van der Waals surface area contributed by atoms with Gasteiger partial charge < -0.3 is 4.74 Å². The van der Waals surface area contributed by atoms with Crippen molar-refractivity contribution in [3.05, 3.63) is 28.2 Å². The van der Waals surface area contributed by atoms with Gasteiger partial charge in [-0.25, -0.2) is 0 Å². The van der Waals surface area contributed by atoms with E-state index in [0.717, 1.165) is 28.6 Å². The fourth-order valence-electron chi connectivity index (χ4n) is 3.07. The minimum atomic E-state index is 0.824. The van der Waals surface area contributed by atoms with Crippen LogP contribution in [-0.4, -0.2) is 25.1 Å². The monoisotopic (exact) mass is 339 g/mol. The molecule has 112 valence electrons. The third-order valence-corrected chi connectivity index (χ3v) is 5.05. The van der Waals surface area contributed by atoms with Crippen LogP contribution in [0.1, 0.15) is 38.7 Å². The predicted octanol–water partition coefficient (Wildman–Crippen LogP) is 4.72. The number of rotatable bonds is 4. The molecule has 1 aromatic carbocycles. The number of ether oxygens (including phenoxy) is 1. The number of hydrogen-bond donors (Lipinski definition) is 0. The van der Waals surface area contributed by atoms with E-state index in [-0.39, 0.29) is 0 Å². The molecular formula is C17H26BrNO. The van der Waals surface area contributed by atoms with Crippen LogP contribution in [0.4, 0.5) is 0 Å². The molecule has 1 unspecified atom stereocenters. The van der Waals surface area contributed by atoms with Crippen molar-refractivity contribution in [3.63, 3.8) is 0 Å². The van der Waals surface area contributed by atoms with Crippen LogP contribution in [0.15, 0.2) is 22.7 Å². The zero-order valence-electron chi connectivity index (χ0n) is 12.9. The maximum atomic E-state index is 5.29. The Balaban J connectivity index is 1.94. The van der Waals surface area contributed by atoms with Gasteiger partial charge in [0.1, 0.15) is 5.75 Å². The van der Waals surface area contributed by atoms with E-state index >= 15 is 0 Å². The number of benzene rings is 1. The van der Waals surface area contributed by atoms with Gasteiger partial charge in [-0.2, -0.15) is 0 Å². The van der Waals surface area contributed by atoms with Crippen LogP contribution in [0, 0.1) is 11.8 Å². The van der Waals surface area contributed by atoms with Gasteiger partial charge in [0, 0.05) is 6.54 Å². The first-order valence-electron chi connectivity index (χ1n) is 7.65. The Labute approximate surface area is 131 Å². The average molecular weight is 340 g/mol. The van der Waals surface area contributed by atoms with E-state index in [1.165, 1.54) is 37.9 Å².